The van der Waals surface area contributed by atoms with Crippen LogP contribution in [0.5, 0.6) is 0 Å². The molecule has 0 saturated heterocycles. The van der Waals surface area contributed by atoms with E-state index in [1.54, 1.807) is 2.89 Å². The summed E-state index contributed by atoms with van der Waals surface area (Å²) in [4.78, 5) is 0. The molecule has 0 radical (unpaired) electrons. The first kappa shape index (κ1) is 15.4. The van der Waals surface area contributed by atoms with Crippen molar-refractivity contribution >= 4 is 42.7 Å². The van der Waals surface area contributed by atoms with E-state index in [1.165, 1.54) is 10.1 Å². The molecule has 0 aliphatic rings. The molecule has 0 nitrogen and oxygen atoms in total. The van der Waals surface area contributed by atoms with E-state index in [0.717, 1.165) is 11.8 Å². The fourth-order valence-corrected chi connectivity index (χ4v) is 29.7. The van der Waals surface area contributed by atoms with Crippen molar-refractivity contribution in [2.24, 2.45) is 0 Å². The van der Waals surface area contributed by atoms with Crippen LogP contribution in [0.3, 0.4) is 0 Å². The summed E-state index contributed by atoms with van der Waals surface area (Å²) in [5.74, 6) is 0. The summed E-state index contributed by atoms with van der Waals surface area (Å²) in [5.41, 5.74) is 0. The summed E-state index contributed by atoms with van der Waals surface area (Å²) in [6.45, 7) is 14.8. The van der Waals surface area contributed by atoms with Gasteiger partial charge in [0.1, 0.15) is 0 Å². The Kier molecular flexibility index (Phi) is 4.66. The molecular formula is C17H26SSn. The van der Waals surface area contributed by atoms with Gasteiger partial charge >= 0.3 is 126 Å². The molecule has 2 rings (SSSR count). The maximum absolute atomic E-state index is 2.52. The van der Waals surface area contributed by atoms with Crippen molar-refractivity contribution in [2.45, 2.75) is 53.3 Å². The van der Waals surface area contributed by atoms with Crippen LogP contribution in [0.4, 0.5) is 0 Å². The molecule has 0 fully saturated rings. The molecule has 1 heterocycles. The Balaban J connectivity index is 2.66. The van der Waals surface area contributed by atoms with Gasteiger partial charge in [-0.25, -0.2) is 0 Å². The molecule has 0 unspecified atom stereocenters. The number of hydrogen-bond acceptors (Lipinski definition) is 1. The van der Waals surface area contributed by atoms with Gasteiger partial charge in [-0.1, -0.05) is 0 Å². The molecule has 1 aromatic heterocycles. The standard InChI is InChI=1S/C8H5S.3C3H7.Sn/c1-2-4-8-7(3-1)5-6-9-8;3*1-3-2;/h1-5H;3*3H,1-2H3;. The second kappa shape index (κ2) is 5.77. The second-order valence-electron chi connectivity index (χ2n) is 6.55. The van der Waals surface area contributed by atoms with Gasteiger partial charge in [0, 0.05) is 0 Å². The van der Waals surface area contributed by atoms with Gasteiger partial charge in [-0.05, 0) is 0 Å². The van der Waals surface area contributed by atoms with Gasteiger partial charge in [0.25, 0.3) is 0 Å². The van der Waals surface area contributed by atoms with Crippen LogP contribution in [0, 0.1) is 0 Å². The molecule has 104 valence electrons. The summed E-state index contributed by atoms with van der Waals surface area (Å²) in [6, 6.07) is 11.4. The number of fused-ring (bicyclic) bond motifs is 1. The van der Waals surface area contributed by atoms with Crippen LogP contribution in [0.1, 0.15) is 41.5 Å². The molecule has 2 heteroatoms. The van der Waals surface area contributed by atoms with E-state index in [4.69, 9.17) is 0 Å². The number of rotatable bonds is 4. The van der Waals surface area contributed by atoms with Crippen molar-refractivity contribution in [1.82, 2.24) is 0 Å². The van der Waals surface area contributed by atoms with E-state index < -0.39 is 18.4 Å². The first-order valence-corrected chi connectivity index (χ1v) is 14.6. The number of hydrogen-bond donors (Lipinski definition) is 0. The Bertz CT molecular complexity index is 496. The first-order valence-electron chi connectivity index (χ1n) is 7.39. The fraction of sp³-hybridized carbons (Fsp3) is 0.529. The van der Waals surface area contributed by atoms with Gasteiger partial charge in [-0.2, -0.15) is 0 Å². The van der Waals surface area contributed by atoms with Gasteiger partial charge in [0.15, 0.2) is 0 Å². The summed E-state index contributed by atoms with van der Waals surface area (Å²) in [6.07, 6.45) is 0. The predicted octanol–water partition coefficient (Wildman–Crippen LogP) is 5.79. The van der Waals surface area contributed by atoms with Gasteiger partial charge < -0.3 is 0 Å². The average Bonchev–Trinajstić information content (AvgIpc) is 2.71. The van der Waals surface area contributed by atoms with Crippen LogP contribution in [0.25, 0.3) is 10.1 Å². The van der Waals surface area contributed by atoms with Gasteiger partial charge in [0.05, 0.1) is 0 Å². The maximum atomic E-state index is 2.52. The van der Waals surface area contributed by atoms with Crippen molar-refractivity contribution in [1.29, 1.82) is 0 Å². The summed E-state index contributed by atoms with van der Waals surface area (Å²) >= 11 is -0.282. The second-order valence-corrected chi connectivity index (χ2v) is 25.4. The molecule has 0 aliphatic heterocycles. The molecule has 0 bridgehead atoms. The van der Waals surface area contributed by atoms with Crippen molar-refractivity contribution in [3.05, 3.63) is 30.3 Å². The Morgan fingerprint density at radius 3 is 1.84 bits per heavy atom. The van der Waals surface area contributed by atoms with Crippen LogP contribution < -0.4 is 2.89 Å². The molecule has 19 heavy (non-hydrogen) atoms. The van der Waals surface area contributed by atoms with Gasteiger partial charge in [0.2, 0.25) is 0 Å². The zero-order chi connectivity index (χ0) is 14.2. The monoisotopic (exact) mass is 382 g/mol. The van der Waals surface area contributed by atoms with E-state index in [-0.39, 0.29) is 0 Å². The third-order valence-corrected chi connectivity index (χ3v) is 28.1. The minimum atomic E-state index is -2.36. The summed E-state index contributed by atoms with van der Waals surface area (Å²) < 4.78 is 5.84. The molecule has 2 aromatic rings. The van der Waals surface area contributed by atoms with Crippen LogP contribution in [0.2, 0.25) is 11.8 Å². The Labute approximate surface area is 126 Å². The van der Waals surface area contributed by atoms with Gasteiger partial charge in [-0.3, -0.25) is 0 Å². The molecule has 0 aliphatic carbocycles. The molecular weight excluding hydrogens is 355 g/mol. The number of benzene rings is 1. The van der Waals surface area contributed by atoms with E-state index in [1.807, 2.05) is 0 Å². The van der Waals surface area contributed by atoms with Crippen molar-refractivity contribution in [3.63, 3.8) is 0 Å². The zero-order valence-electron chi connectivity index (χ0n) is 13.0. The normalized spacial score (nSPS) is 13.1. The van der Waals surface area contributed by atoms with E-state index in [9.17, 15) is 0 Å². The predicted molar refractivity (Wildman–Crippen MR) is 92.5 cm³/mol. The van der Waals surface area contributed by atoms with Crippen molar-refractivity contribution in [3.8, 4) is 0 Å². The average molecular weight is 381 g/mol. The molecule has 1 aromatic carbocycles. The zero-order valence-corrected chi connectivity index (χ0v) is 16.7. The third kappa shape index (κ3) is 2.49. The fourth-order valence-electron chi connectivity index (χ4n) is 4.05. The van der Waals surface area contributed by atoms with Crippen LogP contribution in [0.15, 0.2) is 30.3 Å². The Hall–Kier alpha value is -0.0213. The SMILES string of the molecule is C[CH](C)[Sn]([c]1cc2ccccc2s1)([CH](C)C)[CH](C)C. The summed E-state index contributed by atoms with van der Waals surface area (Å²) in [7, 11) is 0. The molecule has 0 N–H and O–H groups in total. The topological polar surface area (TPSA) is 0 Å². The van der Waals surface area contributed by atoms with Crippen LogP contribution in [-0.4, -0.2) is 18.4 Å². The van der Waals surface area contributed by atoms with E-state index in [0.29, 0.717) is 0 Å². The first-order chi connectivity index (χ1) is 8.90. The van der Waals surface area contributed by atoms with Gasteiger partial charge in [-0.15, -0.1) is 0 Å². The van der Waals surface area contributed by atoms with Crippen LogP contribution >= 0.6 is 11.3 Å². The van der Waals surface area contributed by atoms with Crippen molar-refractivity contribution < 1.29 is 0 Å². The molecule has 0 amide bonds. The third-order valence-electron chi connectivity index (χ3n) is 4.72. The molecule has 0 saturated carbocycles. The summed E-state index contributed by atoms with van der Waals surface area (Å²) in [5, 5.41) is 1.45. The van der Waals surface area contributed by atoms with E-state index in [2.05, 4.69) is 83.2 Å². The quantitative estimate of drug-likeness (QED) is 0.589. The van der Waals surface area contributed by atoms with E-state index >= 15 is 0 Å². The van der Waals surface area contributed by atoms with Crippen molar-refractivity contribution in [2.75, 3.05) is 0 Å². The molecule has 0 atom stereocenters. The Morgan fingerprint density at radius 2 is 1.37 bits per heavy atom. The minimum absolute atomic E-state index is 0.863. The number of thiophene rings is 1. The molecule has 0 spiro atoms. The van der Waals surface area contributed by atoms with Crippen LogP contribution in [-0.2, 0) is 0 Å². The Morgan fingerprint density at radius 1 is 0.842 bits per heavy atom.